The van der Waals surface area contributed by atoms with Gasteiger partial charge in [0.15, 0.2) is 0 Å². The topological polar surface area (TPSA) is 18.5 Å². The maximum absolute atomic E-state index is 7.25. The summed E-state index contributed by atoms with van der Waals surface area (Å²) in [6.07, 6.45) is 11.5. The van der Waals surface area contributed by atoms with Crippen LogP contribution in [0.15, 0.2) is 131 Å². The van der Waals surface area contributed by atoms with Gasteiger partial charge >= 0.3 is 298 Å². The van der Waals surface area contributed by atoms with Gasteiger partial charge < -0.3 is 0 Å². The zero-order valence-corrected chi connectivity index (χ0v) is 33.0. The van der Waals surface area contributed by atoms with Crippen LogP contribution in [0, 0.1) is 5.92 Å². The molecule has 256 valence electrons. The van der Waals surface area contributed by atoms with Crippen molar-refractivity contribution in [2.24, 2.45) is 5.92 Å². The molecular weight excluding hydrogens is 691 g/mol. The quantitative estimate of drug-likeness (QED) is 0.0588. The Morgan fingerprint density at radius 2 is 1.02 bits per heavy atom. The molecule has 3 heteroatoms. The third-order valence-electron chi connectivity index (χ3n) is 9.82. The van der Waals surface area contributed by atoms with Crippen molar-refractivity contribution >= 4 is 18.4 Å². The molecule has 0 N–H and O–H groups in total. The van der Waals surface area contributed by atoms with E-state index in [0.29, 0.717) is 13.2 Å². The van der Waals surface area contributed by atoms with Crippen LogP contribution in [-0.4, -0.2) is 31.1 Å². The van der Waals surface area contributed by atoms with Crippen molar-refractivity contribution in [1.29, 1.82) is 0 Å². The first-order chi connectivity index (χ1) is 23.5. The minimum atomic E-state index is -2.48. The van der Waals surface area contributed by atoms with Crippen LogP contribution in [0.1, 0.15) is 94.9 Å². The molecule has 0 amide bonds. The first-order valence-electron chi connectivity index (χ1n) is 18.7. The maximum atomic E-state index is 7.25. The van der Waals surface area contributed by atoms with Gasteiger partial charge in [-0.15, -0.1) is 0 Å². The third kappa shape index (κ3) is 11.2. The molecule has 0 bridgehead atoms. The van der Waals surface area contributed by atoms with Gasteiger partial charge in [0, 0.05) is 0 Å². The molecule has 0 aliphatic heterocycles. The molecule has 0 unspecified atom stereocenters. The summed E-state index contributed by atoms with van der Waals surface area (Å²) in [5.74, 6) is 0.289. The van der Waals surface area contributed by atoms with Crippen molar-refractivity contribution in [2.45, 2.75) is 104 Å². The van der Waals surface area contributed by atoms with Gasteiger partial charge in [0.2, 0.25) is 0 Å². The fourth-order valence-corrected chi connectivity index (χ4v) is 21.4. The van der Waals surface area contributed by atoms with Crippen molar-refractivity contribution < 1.29 is 9.47 Å². The molecule has 0 radical (unpaired) electrons. The Hall–Kier alpha value is -2.66. The Labute approximate surface area is 296 Å². The monoisotopic (exact) mass is 752 g/mol. The summed E-state index contributed by atoms with van der Waals surface area (Å²) in [5.41, 5.74) is 3.96. The van der Waals surface area contributed by atoms with E-state index in [1.54, 1.807) is 0 Å². The standard InChI is InChI=1S/C33H33O2.3C4H9.Sn/c1-3-32(34-26-28-16-8-4-9-17-28)24-27(2)25-35-33(29-18-10-5-11-19-29,30-20-12-6-13-21-30)31-22-14-7-15-23-31;3*1-3-4-2;/h1,3-23,27,32H,24-26H2,2H3;3*1,3-4H2,2H3;/t27-,32+;;;;/m0..../s1. The van der Waals surface area contributed by atoms with Crippen molar-refractivity contribution in [2.75, 3.05) is 6.61 Å². The molecule has 48 heavy (non-hydrogen) atoms. The van der Waals surface area contributed by atoms with Crippen molar-refractivity contribution in [3.63, 3.8) is 0 Å². The minimum absolute atomic E-state index is 0.0596. The molecule has 0 saturated heterocycles. The molecule has 4 aromatic rings. The average Bonchev–Trinajstić information content (AvgIpc) is 3.15. The Morgan fingerprint density at radius 1 is 0.604 bits per heavy atom. The van der Waals surface area contributed by atoms with Crippen LogP contribution < -0.4 is 0 Å². The Balaban J connectivity index is 1.63. The van der Waals surface area contributed by atoms with Crippen LogP contribution in [0.4, 0.5) is 0 Å². The molecule has 0 spiro atoms. The van der Waals surface area contributed by atoms with Crippen LogP contribution in [0.2, 0.25) is 13.3 Å². The SMILES string of the molecule is CCC[CH2][Sn](/[CH]=C/[C@H](C[C@H](C)COC(c1ccccc1)(c1ccccc1)c1ccccc1)OCc1ccccc1)([CH2]CCC)[CH2]CCC. The number of unbranched alkanes of at least 4 members (excludes halogenated alkanes) is 3. The summed E-state index contributed by atoms with van der Waals surface area (Å²) in [6, 6.07) is 42.8. The molecule has 4 aromatic carbocycles. The molecule has 0 aromatic heterocycles. The van der Waals surface area contributed by atoms with Gasteiger partial charge in [0.05, 0.1) is 0 Å². The van der Waals surface area contributed by atoms with Crippen molar-refractivity contribution in [1.82, 2.24) is 0 Å². The molecular formula is C45H60O2Sn. The molecule has 4 rings (SSSR count). The van der Waals surface area contributed by atoms with Gasteiger partial charge in [0.25, 0.3) is 0 Å². The van der Waals surface area contributed by atoms with Gasteiger partial charge in [-0.1, -0.05) is 0 Å². The normalized spacial score (nSPS) is 13.5. The van der Waals surface area contributed by atoms with Crippen molar-refractivity contribution in [3.8, 4) is 0 Å². The number of hydrogen-bond donors (Lipinski definition) is 0. The van der Waals surface area contributed by atoms with E-state index in [-0.39, 0.29) is 12.0 Å². The second kappa shape index (κ2) is 20.8. The fraction of sp³-hybridized carbons (Fsp3) is 0.422. The van der Waals surface area contributed by atoms with Crippen LogP contribution in [-0.2, 0) is 21.7 Å². The van der Waals surface area contributed by atoms with Crippen LogP contribution in [0.5, 0.6) is 0 Å². The van der Waals surface area contributed by atoms with E-state index in [2.05, 4.69) is 159 Å². The zero-order valence-electron chi connectivity index (χ0n) is 30.2. The Kier molecular flexibility index (Phi) is 16.5. The van der Waals surface area contributed by atoms with E-state index in [1.165, 1.54) is 57.4 Å². The van der Waals surface area contributed by atoms with Gasteiger partial charge in [-0.2, -0.15) is 0 Å². The predicted octanol–water partition coefficient (Wildman–Crippen LogP) is 12.6. The van der Waals surface area contributed by atoms with E-state index in [0.717, 1.165) is 23.1 Å². The van der Waals surface area contributed by atoms with Crippen LogP contribution in [0.25, 0.3) is 0 Å². The Morgan fingerprint density at radius 3 is 1.44 bits per heavy atom. The van der Waals surface area contributed by atoms with E-state index in [9.17, 15) is 0 Å². The Bertz CT molecular complexity index is 1300. The number of ether oxygens (including phenoxy) is 2. The van der Waals surface area contributed by atoms with Crippen LogP contribution >= 0.6 is 0 Å². The first-order valence-corrected chi connectivity index (χ1v) is 26.4. The number of rotatable bonds is 22. The summed E-state index contributed by atoms with van der Waals surface area (Å²) in [5, 5.41) is 0. The molecule has 2 atom stereocenters. The molecule has 0 heterocycles. The predicted molar refractivity (Wildman–Crippen MR) is 208 cm³/mol. The first kappa shape index (κ1) is 38.1. The van der Waals surface area contributed by atoms with Gasteiger partial charge in [-0.05, 0) is 0 Å². The molecule has 0 aliphatic rings. The van der Waals surface area contributed by atoms with Crippen LogP contribution in [0.3, 0.4) is 0 Å². The van der Waals surface area contributed by atoms with Gasteiger partial charge in [0.1, 0.15) is 0 Å². The molecule has 0 aliphatic carbocycles. The molecule has 0 fully saturated rings. The van der Waals surface area contributed by atoms with Crippen molar-refractivity contribution in [3.05, 3.63) is 154 Å². The van der Waals surface area contributed by atoms with Gasteiger partial charge in [-0.25, -0.2) is 0 Å². The molecule has 0 saturated carbocycles. The number of benzene rings is 4. The zero-order chi connectivity index (χ0) is 33.9. The summed E-state index contributed by atoms with van der Waals surface area (Å²) >= 11 is -2.48. The molecule has 2 nitrogen and oxygen atoms in total. The summed E-state index contributed by atoms with van der Waals surface area (Å²) in [6.45, 7) is 10.6. The van der Waals surface area contributed by atoms with E-state index < -0.39 is 24.0 Å². The van der Waals surface area contributed by atoms with E-state index in [4.69, 9.17) is 9.47 Å². The van der Waals surface area contributed by atoms with Gasteiger partial charge in [-0.3, -0.25) is 0 Å². The van der Waals surface area contributed by atoms with E-state index >= 15 is 0 Å². The number of hydrogen-bond acceptors (Lipinski definition) is 2. The third-order valence-corrected chi connectivity index (χ3v) is 23.9. The summed E-state index contributed by atoms with van der Waals surface area (Å²) < 4.78 is 21.2. The van der Waals surface area contributed by atoms with E-state index in [1.807, 2.05) is 0 Å². The summed E-state index contributed by atoms with van der Waals surface area (Å²) in [4.78, 5) is 0. The second-order valence-electron chi connectivity index (χ2n) is 13.8. The average molecular weight is 752 g/mol. The summed E-state index contributed by atoms with van der Waals surface area (Å²) in [7, 11) is 0. The second-order valence-corrected chi connectivity index (χ2v) is 26.8. The fourth-order valence-electron chi connectivity index (χ4n) is 7.00.